The Bertz CT molecular complexity index is 395. The van der Waals surface area contributed by atoms with Crippen LogP contribution in [0.25, 0.3) is 0 Å². The lowest BCUT2D eigenvalue weighted by Crippen LogP contribution is -2.05. The van der Waals surface area contributed by atoms with Crippen LogP contribution < -0.4 is 0 Å². The third kappa shape index (κ3) is 1.07. The van der Waals surface area contributed by atoms with E-state index in [1.807, 2.05) is 0 Å². The summed E-state index contributed by atoms with van der Waals surface area (Å²) in [5.74, 6) is -1.65. The Hall–Kier alpha value is -1.84. The highest BCUT2D eigenvalue weighted by molar-refractivity contribution is 6.04. The Morgan fingerprint density at radius 3 is 2.92 bits per heavy atom. The van der Waals surface area contributed by atoms with Gasteiger partial charge in [0, 0.05) is 5.56 Å². The second-order valence-electron chi connectivity index (χ2n) is 2.72. The first-order valence-electron chi connectivity index (χ1n) is 3.72. The Balaban J connectivity index is 2.66. The number of carbonyl (C=O) groups excluding carboxylic acids is 1. The minimum Gasteiger partial charge on any atom is -0.478 e. The van der Waals surface area contributed by atoms with Gasteiger partial charge < -0.3 is 9.84 Å². The Labute approximate surface area is 73.8 Å². The quantitative estimate of drug-likeness (QED) is 0.653. The summed E-state index contributed by atoms with van der Waals surface area (Å²) < 4.78 is 4.71. The maximum absolute atomic E-state index is 11.1. The topological polar surface area (TPSA) is 63.6 Å². The molecular formula is C9H6O4. The highest BCUT2D eigenvalue weighted by Crippen LogP contribution is 2.23. The molecule has 1 heterocycles. The standard InChI is InChI=1S/C9H6O4/c10-8(11)6-3-1-2-5-4-13-9(12)7(5)6/h1-3H,4H2,(H,10,11). The molecule has 1 aromatic carbocycles. The van der Waals surface area contributed by atoms with Crippen molar-refractivity contribution in [1.82, 2.24) is 0 Å². The molecule has 0 fully saturated rings. The van der Waals surface area contributed by atoms with Crippen LogP contribution in [0.1, 0.15) is 26.3 Å². The fraction of sp³-hybridized carbons (Fsp3) is 0.111. The minimum atomic E-state index is -1.10. The summed E-state index contributed by atoms with van der Waals surface area (Å²) in [7, 11) is 0. The number of aromatic carboxylic acids is 1. The van der Waals surface area contributed by atoms with Crippen LogP contribution in [0.15, 0.2) is 18.2 Å². The third-order valence-electron chi connectivity index (χ3n) is 1.94. The molecule has 4 heteroatoms. The van der Waals surface area contributed by atoms with E-state index in [9.17, 15) is 9.59 Å². The van der Waals surface area contributed by atoms with Gasteiger partial charge in [0.25, 0.3) is 0 Å². The summed E-state index contributed by atoms with van der Waals surface area (Å²) in [6.45, 7) is 0.176. The maximum atomic E-state index is 11.1. The van der Waals surface area contributed by atoms with Crippen molar-refractivity contribution in [2.45, 2.75) is 6.61 Å². The number of hydrogen-bond donors (Lipinski definition) is 1. The fourth-order valence-electron chi connectivity index (χ4n) is 1.36. The van der Waals surface area contributed by atoms with E-state index < -0.39 is 11.9 Å². The van der Waals surface area contributed by atoms with Gasteiger partial charge in [-0.3, -0.25) is 0 Å². The molecule has 0 saturated carbocycles. The van der Waals surface area contributed by atoms with Crippen molar-refractivity contribution in [1.29, 1.82) is 0 Å². The molecule has 0 radical (unpaired) electrons. The number of hydrogen-bond acceptors (Lipinski definition) is 3. The number of carbonyl (C=O) groups is 2. The highest BCUT2D eigenvalue weighted by Gasteiger charge is 2.26. The molecule has 0 saturated heterocycles. The molecule has 0 aromatic heterocycles. The molecule has 0 amide bonds. The van der Waals surface area contributed by atoms with Crippen molar-refractivity contribution < 1.29 is 19.4 Å². The smallest absolute Gasteiger partial charge is 0.339 e. The molecule has 1 N–H and O–H groups in total. The summed E-state index contributed by atoms with van der Waals surface area (Å²) in [5, 5.41) is 8.76. The van der Waals surface area contributed by atoms with E-state index in [4.69, 9.17) is 9.84 Å². The lowest BCUT2D eigenvalue weighted by Gasteiger charge is -1.98. The average Bonchev–Trinajstić information content (AvgIpc) is 2.48. The van der Waals surface area contributed by atoms with Gasteiger partial charge in [0.15, 0.2) is 0 Å². The largest absolute Gasteiger partial charge is 0.478 e. The van der Waals surface area contributed by atoms with Crippen LogP contribution in [-0.2, 0) is 11.3 Å². The van der Waals surface area contributed by atoms with Crippen LogP contribution in [-0.4, -0.2) is 17.0 Å². The monoisotopic (exact) mass is 178 g/mol. The molecule has 1 aliphatic rings. The van der Waals surface area contributed by atoms with Crippen LogP contribution >= 0.6 is 0 Å². The van der Waals surface area contributed by atoms with Gasteiger partial charge in [-0.1, -0.05) is 12.1 Å². The number of cyclic esters (lactones) is 1. The number of carboxylic acids is 1. The van der Waals surface area contributed by atoms with Gasteiger partial charge in [-0.15, -0.1) is 0 Å². The molecule has 0 aliphatic carbocycles. The summed E-state index contributed by atoms with van der Waals surface area (Å²) >= 11 is 0. The first-order valence-corrected chi connectivity index (χ1v) is 3.72. The summed E-state index contributed by atoms with van der Waals surface area (Å²) in [5.41, 5.74) is 0.847. The zero-order valence-electron chi connectivity index (χ0n) is 6.61. The zero-order valence-corrected chi connectivity index (χ0v) is 6.61. The number of carboxylic acid groups (broad SMARTS) is 1. The van der Waals surface area contributed by atoms with E-state index in [-0.39, 0.29) is 17.7 Å². The Kier molecular flexibility index (Phi) is 1.55. The first kappa shape index (κ1) is 7.79. The number of rotatable bonds is 1. The first-order chi connectivity index (χ1) is 6.20. The van der Waals surface area contributed by atoms with Crippen molar-refractivity contribution in [3.8, 4) is 0 Å². The van der Waals surface area contributed by atoms with Gasteiger partial charge in [-0.25, -0.2) is 9.59 Å². The molecule has 13 heavy (non-hydrogen) atoms. The summed E-state index contributed by atoms with van der Waals surface area (Å²) in [4.78, 5) is 21.8. The molecule has 0 atom stereocenters. The third-order valence-corrected chi connectivity index (χ3v) is 1.94. The number of ether oxygens (including phenoxy) is 1. The molecule has 0 bridgehead atoms. The number of fused-ring (bicyclic) bond motifs is 1. The van der Waals surface area contributed by atoms with Crippen molar-refractivity contribution in [3.63, 3.8) is 0 Å². The summed E-state index contributed by atoms with van der Waals surface area (Å²) in [6.07, 6.45) is 0. The van der Waals surface area contributed by atoms with Crippen molar-refractivity contribution >= 4 is 11.9 Å². The predicted octanol–water partition coefficient (Wildman–Crippen LogP) is 1.06. The van der Waals surface area contributed by atoms with Crippen LogP contribution in [0, 0.1) is 0 Å². The van der Waals surface area contributed by atoms with Gasteiger partial charge >= 0.3 is 11.9 Å². The van der Waals surface area contributed by atoms with E-state index in [1.165, 1.54) is 6.07 Å². The van der Waals surface area contributed by atoms with Crippen LogP contribution in [0.5, 0.6) is 0 Å². The Morgan fingerprint density at radius 2 is 2.23 bits per heavy atom. The molecule has 1 aromatic rings. The lowest BCUT2D eigenvalue weighted by atomic mass is 10.0. The number of benzene rings is 1. The SMILES string of the molecule is O=C(O)c1cccc2c1C(=O)OC2. The van der Waals surface area contributed by atoms with Crippen LogP contribution in [0.4, 0.5) is 0 Å². The normalized spacial score (nSPS) is 13.7. The molecule has 2 rings (SSSR count). The van der Waals surface area contributed by atoms with E-state index in [1.54, 1.807) is 12.1 Å². The second-order valence-corrected chi connectivity index (χ2v) is 2.72. The van der Waals surface area contributed by atoms with Crippen LogP contribution in [0.2, 0.25) is 0 Å². The molecule has 66 valence electrons. The molecule has 4 nitrogen and oxygen atoms in total. The fourth-order valence-corrected chi connectivity index (χ4v) is 1.36. The minimum absolute atomic E-state index is 0.0139. The molecule has 1 aliphatic heterocycles. The van der Waals surface area contributed by atoms with Gasteiger partial charge in [-0.2, -0.15) is 0 Å². The highest BCUT2D eigenvalue weighted by atomic mass is 16.5. The molecule has 0 unspecified atom stereocenters. The van der Waals surface area contributed by atoms with Gasteiger partial charge in [0.05, 0.1) is 11.1 Å². The van der Waals surface area contributed by atoms with Gasteiger partial charge in [0.2, 0.25) is 0 Å². The zero-order chi connectivity index (χ0) is 9.42. The van der Waals surface area contributed by atoms with Gasteiger partial charge in [0.1, 0.15) is 6.61 Å². The maximum Gasteiger partial charge on any atom is 0.339 e. The molecular weight excluding hydrogens is 172 g/mol. The van der Waals surface area contributed by atoms with Crippen molar-refractivity contribution in [2.75, 3.05) is 0 Å². The molecule has 0 spiro atoms. The Morgan fingerprint density at radius 1 is 1.46 bits per heavy atom. The van der Waals surface area contributed by atoms with Crippen LogP contribution in [0.3, 0.4) is 0 Å². The van der Waals surface area contributed by atoms with E-state index in [0.717, 1.165) is 0 Å². The van der Waals surface area contributed by atoms with E-state index >= 15 is 0 Å². The van der Waals surface area contributed by atoms with Crippen molar-refractivity contribution in [3.05, 3.63) is 34.9 Å². The summed E-state index contributed by atoms with van der Waals surface area (Å²) in [6, 6.07) is 4.69. The second kappa shape index (κ2) is 2.58. The van der Waals surface area contributed by atoms with Crippen molar-refractivity contribution in [2.24, 2.45) is 0 Å². The predicted molar refractivity (Wildman–Crippen MR) is 42.5 cm³/mol. The van der Waals surface area contributed by atoms with Gasteiger partial charge in [-0.05, 0) is 6.07 Å². The lowest BCUT2D eigenvalue weighted by molar-refractivity contribution is 0.0526. The van der Waals surface area contributed by atoms with E-state index in [2.05, 4.69) is 0 Å². The number of esters is 1. The van der Waals surface area contributed by atoms with E-state index in [0.29, 0.717) is 5.56 Å². The average molecular weight is 178 g/mol.